The maximum atomic E-state index is 12.3. The molecule has 6 atom stereocenters. The van der Waals surface area contributed by atoms with Gasteiger partial charge in [-0.3, -0.25) is 4.79 Å². The molecule has 0 saturated heterocycles. The van der Waals surface area contributed by atoms with Crippen LogP contribution in [0, 0.1) is 5.92 Å². The zero-order valence-corrected chi connectivity index (χ0v) is 73.5. The third kappa shape index (κ3) is 39.6. The van der Waals surface area contributed by atoms with Gasteiger partial charge in [0.05, 0.1) is 28.9 Å². The Labute approximate surface area is 677 Å². The summed E-state index contributed by atoms with van der Waals surface area (Å²) >= 11 is 0. The van der Waals surface area contributed by atoms with Crippen molar-refractivity contribution in [2.45, 2.75) is 333 Å². The monoisotopic (exact) mass is 1570 g/mol. The standard InChI is InChI=1S/C22H32O4.2C19H28O4.C18H26O4.C16H24O3/c1-5-16(2)17-11-13-18(14-12-17)21(24)25-15-20(23)26-22(3,4)19-9-7-6-8-10-19;1-8-13(2)14-9-11-15(12-10-14)16(20)22-19(6,7)17(21)23-18(3,4)5;1-6-14(2)15-9-11-16(12-10-15)18(21)22-13-7-8-17(20)23-19(3,4)5;1-7-12(2)14-9-8-10-15(11-14)17(20)21-13(3)16(19)22-18(4,5)6;1-6-12(2)13-9-7-8-10-14(13)18-11-15(17)19-16(3,4)5/h11-14,16,19H,5-10,15H2,1-4H3;9-13H,8H2,1-7H3;9-12,14H,6-8,13H2,1-5H3;8-13H,7H2,1-6H3;7-10,12H,6,11H2,1-5H3. The van der Waals surface area contributed by atoms with Crippen molar-refractivity contribution in [2.24, 2.45) is 5.92 Å². The fraction of sp³-hybridized carbons (Fsp3) is 0.585. The van der Waals surface area contributed by atoms with Gasteiger partial charge in [-0.2, -0.15) is 0 Å². The lowest BCUT2D eigenvalue weighted by Crippen LogP contribution is -2.42. The van der Waals surface area contributed by atoms with E-state index in [1.165, 1.54) is 56.7 Å². The molecule has 6 rings (SSSR count). The Hall–Kier alpha value is -8.87. The molecule has 0 heterocycles. The van der Waals surface area contributed by atoms with Crippen molar-refractivity contribution in [3.05, 3.63) is 171 Å². The van der Waals surface area contributed by atoms with E-state index in [0.717, 1.165) is 61.8 Å². The van der Waals surface area contributed by atoms with Crippen molar-refractivity contribution in [1.82, 2.24) is 0 Å². The maximum Gasteiger partial charge on any atom is 0.350 e. The van der Waals surface area contributed by atoms with Gasteiger partial charge in [-0.05, 0) is 287 Å². The molecular formula is C94H138O19. The van der Waals surface area contributed by atoms with Gasteiger partial charge in [0.25, 0.3) is 0 Å². The second-order valence-corrected chi connectivity index (χ2v) is 34.2. The number of rotatable bonds is 29. The average molecular weight is 1570 g/mol. The minimum absolute atomic E-state index is 0.0509. The van der Waals surface area contributed by atoms with Gasteiger partial charge < -0.3 is 47.4 Å². The minimum atomic E-state index is -1.33. The highest BCUT2D eigenvalue weighted by Gasteiger charge is 2.38. The molecule has 0 amide bonds. The smallest absolute Gasteiger partial charge is 0.350 e. The predicted octanol–water partition coefficient (Wildman–Crippen LogP) is 22.2. The molecule has 6 unspecified atom stereocenters. The molecule has 0 bridgehead atoms. The molecular weight excluding hydrogens is 1430 g/mol. The van der Waals surface area contributed by atoms with Gasteiger partial charge in [0.2, 0.25) is 5.60 Å². The highest BCUT2D eigenvalue weighted by Crippen LogP contribution is 2.36. The number of hydrogen-bond acceptors (Lipinski definition) is 19. The highest BCUT2D eigenvalue weighted by molar-refractivity contribution is 5.93. The van der Waals surface area contributed by atoms with Crippen LogP contribution in [-0.2, 0) is 66.6 Å². The maximum absolute atomic E-state index is 12.3. The van der Waals surface area contributed by atoms with E-state index in [1.54, 1.807) is 84.0 Å². The molecule has 0 radical (unpaired) electrons. The predicted molar refractivity (Wildman–Crippen MR) is 446 cm³/mol. The van der Waals surface area contributed by atoms with Crippen LogP contribution in [0.1, 0.15) is 363 Å². The van der Waals surface area contributed by atoms with E-state index >= 15 is 0 Å². The molecule has 19 nitrogen and oxygen atoms in total. The van der Waals surface area contributed by atoms with Gasteiger partial charge in [-0.25, -0.2) is 38.4 Å². The van der Waals surface area contributed by atoms with Crippen molar-refractivity contribution >= 4 is 53.7 Å². The van der Waals surface area contributed by atoms with Crippen molar-refractivity contribution < 1.29 is 90.5 Å². The third-order valence-corrected chi connectivity index (χ3v) is 18.8. The number of carbonyl (C=O) groups excluding carboxylic acids is 9. The molecule has 19 heteroatoms. The Morgan fingerprint density at radius 2 is 0.796 bits per heavy atom. The molecule has 0 aliphatic heterocycles. The second kappa shape index (κ2) is 47.7. The van der Waals surface area contributed by atoms with E-state index in [4.69, 9.17) is 47.4 Å². The van der Waals surface area contributed by atoms with E-state index in [0.29, 0.717) is 64.2 Å². The molecule has 1 aliphatic rings. The Balaban J connectivity index is 0.000000481. The number of para-hydroxylation sites is 1. The first kappa shape index (κ1) is 100. The van der Waals surface area contributed by atoms with E-state index in [1.807, 2.05) is 134 Å². The van der Waals surface area contributed by atoms with Crippen molar-refractivity contribution in [2.75, 3.05) is 19.8 Å². The molecule has 5 aromatic rings. The first-order valence-corrected chi connectivity index (χ1v) is 40.5. The molecule has 628 valence electrons. The van der Waals surface area contributed by atoms with E-state index < -0.39 is 75.5 Å². The third-order valence-electron chi connectivity index (χ3n) is 18.8. The fourth-order valence-corrected chi connectivity index (χ4v) is 11.2. The Kier molecular flexibility index (Phi) is 42.3. The molecule has 1 aliphatic carbocycles. The summed E-state index contributed by atoms with van der Waals surface area (Å²) in [6.45, 7) is 51.3. The summed E-state index contributed by atoms with van der Waals surface area (Å²) in [7, 11) is 0. The summed E-state index contributed by atoms with van der Waals surface area (Å²) in [5, 5.41) is 0. The van der Waals surface area contributed by atoms with Crippen molar-refractivity contribution in [3.8, 4) is 5.75 Å². The van der Waals surface area contributed by atoms with Gasteiger partial charge in [0.15, 0.2) is 19.3 Å². The molecule has 0 aromatic heterocycles. The van der Waals surface area contributed by atoms with Gasteiger partial charge in [-0.1, -0.05) is 155 Å². The number of hydrogen-bond donors (Lipinski definition) is 0. The van der Waals surface area contributed by atoms with Crippen LogP contribution in [0.3, 0.4) is 0 Å². The molecule has 1 fully saturated rings. The Morgan fingerprint density at radius 1 is 0.381 bits per heavy atom. The summed E-state index contributed by atoms with van der Waals surface area (Å²) in [6.07, 6.45) is 10.8. The van der Waals surface area contributed by atoms with Crippen LogP contribution in [0.25, 0.3) is 0 Å². The number of carbonyl (C=O) groups is 9. The number of benzene rings is 5. The van der Waals surface area contributed by atoms with Crippen LogP contribution < -0.4 is 4.74 Å². The van der Waals surface area contributed by atoms with E-state index in [-0.39, 0.29) is 44.1 Å². The van der Waals surface area contributed by atoms with E-state index in [9.17, 15) is 43.2 Å². The first-order chi connectivity index (χ1) is 52.5. The SMILES string of the molecule is CCC(C)c1ccc(C(=O)OC(C)(C)C(=O)OC(C)(C)C)cc1.CCC(C)c1ccc(C(=O)OCC(=O)OC(C)(C)C2CCCCC2)cc1.CCC(C)c1ccc(C(=O)OCCCC(=O)OC(C)(C)C)cc1.CCC(C)c1cccc(C(=O)OC(C)C(=O)OC(C)(C)C)c1.CCC(C)c1ccccc1OCC(=O)OC(C)(C)C. The van der Waals surface area contributed by atoms with E-state index in [2.05, 4.69) is 69.2 Å². The first-order valence-electron chi connectivity index (χ1n) is 40.5. The summed E-state index contributed by atoms with van der Waals surface area (Å²) in [6, 6.07) is 37.4. The van der Waals surface area contributed by atoms with Gasteiger partial charge in [0.1, 0.15) is 33.8 Å². The summed E-state index contributed by atoms with van der Waals surface area (Å²) in [5.74, 6) is -0.781. The topological polar surface area (TPSA) is 246 Å². The zero-order chi connectivity index (χ0) is 85.8. The van der Waals surface area contributed by atoms with Crippen LogP contribution >= 0.6 is 0 Å². The van der Waals surface area contributed by atoms with Gasteiger partial charge in [0, 0.05) is 6.42 Å². The summed E-state index contributed by atoms with van der Waals surface area (Å²) in [5.41, 5.74) is 3.64. The quantitative estimate of drug-likeness (QED) is 0.0245. The van der Waals surface area contributed by atoms with Crippen molar-refractivity contribution in [1.29, 1.82) is 0 Å². The van der Waals surface area contributed by atoms with Crippen LogP contribution in [0.15, 0.2) is 121 Å². The lowest BCUT2D eigenvalue weighted by atomic mass is 9.79. The zero-order valence-electron chi connectivity index (χ0n) is 73.5. The van der Waals surface area contributed by atoms with Crippen molar-refractivity contribution in [3.63, 3.8) is 0 Å². The number of esters is 9. The lowest BCUT2D eigenvalue weighted by molar-refractivity contribution is -0.174. The highest BCUT2D eigenvalue weighted by atomic mass is 16.6. The largest absolute Gasteiger partial charge is 0.482 e. The minimum Gasteiger partial charge on any atom is -0.482 e. The molecule has 1 saturated carbocycles. The number of ether oxygens (including phenoxy) is 10. The lowest BCUT2D eigenvalue weighted by Gasteiger charge is -2.36. The van der Waals surface area contributed by atoms with Crippen LogP contribution in [0.2, 0.25) is 0 Å². The fourth-order valence-electron chi connectivity index (χ4n) is 11.2. The molecule has 0 spiro atoms. The molecule has 5 aromatic carbocycles. The summed E-state index contributed by atoms with van der Waals surface area (Å²) < 4.78 is 53.0. The van der Waals surface area contributed by atoms with Gasteiger partial charge >= 0.3 is 53.7 Å². The summed E-state index contributed by atoms with van der Waals surface area (Å²) in [4.78, 5) is 108. The average Bonchev–Trinajstić information content (AvgIpc) is 0.920. The second-order valence-electron chi connectivity index (χ2n) is 34.2. The van der Waals surface area contributed by atoms with Gasteiger partial charge in [-0.15, -0.1) is 0 Å². The normalized spacial score (nSPS) is 14.0. The Morgan fingerprint density at radius 3 is 1.25 bits per heavy atom. The van der Waals surface area contributed by atoms with Crippen LogP contribution in [0.5, 0.6) is 5.75 Å². The molecule has 113 heavy (non-hydrogen) atoms. The van der Waals surface area contributed by atoms with Crippen LogP contribution in [-0.4, -0.2) is 113 Å². The molecule has 0 N–H and O–H groups in total. The Bertz CT molecular complexity index is 3740. The van der Waals surface area contributed by atoms with Crippen LogP contribution in [0.4, 0.5) is 0 Å².